The summed E-state index contributed by atoms with van der Waals surface area (Å²) in [6.07, 6.45) is -0.245. The number of hydrogen-bond donors (Lipinski definition) is 1. The van der Waals surface area contributed by atoms with Gasteiger partial charge in [-0.05, 0) is 43.0 Å². The first-order valence-electron chi connectivity index (χ1n) is 6.26. The van der Waals surface area contributed by atoms with Crippen LogP contribution in [0.25, 0.3) is 0 Å². The van der Waals surface area contributed by atoms with Crippen molar-refractivity contribution in [3.63, 3.8) is 0 Å². The molecule has 1 N–H and O–H groups in total. The van der Waals surface area contributed by atoms with Gasteiger partial charge in [0.1, 0.15) is 11.6 Å². The van der Waals surface area contributed by atoms with E-state index in [2.05, 4.69) is 0 Å². The molecule has 1 unspecified atom stereocenters. The van der Waals surface area contributed by atoms with Gasteiger partial charge in [0.05, 0.1) is 11.7 Å². The summed E-state index contributed by atoms with van der Waals surface area (Å²) in [4.78, 5) is 0. The minimum Gasteiger partial charge on any atom is -0.388 e. The highest BCUT2D eigenvalue weighted by atomic mass is 19.1. The Morgan fingerprint density at radius 3 is 2.26 bits per heavy atom. The maximum atomic E-state index is 13.5. The molecule has 0 heterocycles. The van der Waals surface area contributed by atoms with Crippen molar-refractivity contribution in [2.75, 3.05) is 0 Å². The van der Waals surface area contributed by atoms with Crippen LogP contribution >= 0.6 is 0 Å². The second-order valence-corrected chi connectivity index (χ2v) is 4.62. The molecule has 0 fully saturated rings. The average Bonchev–Trinajstić information content (AvgIpc) is 2.37. The summed E-state index contributed by atoms with van der Waals surface area (Å²) in [5.74, 6) is -1.39. The van der Waals surface area contributed by atoms with E-state index >= 15 is 0 Å². The van der Waals surface area contributed by atoms with Gasteiger partial charge in [-0.15, -0.1) is 0 Å². The maximum absolute atomic E-state index is 13.5. The summed E-state index contributed by atoms with van der Waals surface area (Å²) < 4.78 is 27.0. The van der Waals surface area contributed by atoms with E-state index in [-0.39, 0.29) is 5.56 Å². The average molecular weight is 262 g/mol. The third kappa shape index (κ3) is 3.18. The van der Waals surface area contributed by atoms with E-state index in [0.29, 0.717) is 12.8 Å². The highest BCUT2D eigenvalue weighted by Gasteiger charge is 2.17. The Kier molecular flexibility index (Phi) is 4.27. The first-order chi connectivity index (χ1) is 9.09. The van der Waals surface area contributed by atoms with Crippen LogP contribution in [0, 0.1) is 18.6 Å². The van der Waals surface area contributed by atoms with Crippen molar-refractivity contribution in [3.05, 3.63) is 70.8 Å². The van der Waals surface area contributed by atoms with Crippen LogP contribution in [0.5, 0.6) is 0 Å². The summed E-state index contributed by atoms with van der Waals surface area (Å²) in [6, 6.07) is 11.4. The Labute approximate surface area is 111 Å². The molecule has 0 aliphatic carbocycles. The second kappa shape index (κ2) is 5.93. The molecule has 2 rings (SSSR count). The minimum atomic E-state index is -1.12. The third-order valence-corrected chi connectivity index (χ3v) is 3.28. The van der Waals surface area contributed by atoms with E-state index < -0.39 is 17.7 Å². The van der Waals surface area contributed by atoms with Crippen molar-refractivity contribution in [2.45, 2.75) is 25.9 Å². The number of hydrogen-bond acceptors (Lipinski definition) is 1. The fourth-order valence-corrected chi connectivity index (χ4v) is 2.16. The molecule has 0 bridgehead atoms. The molecule has 1 nitrogen and oxygen atoms in total. The Morgan fingerprint density at radius 2 is 1.63 bits per heavy atom. The van der Waals surface area contributed by atoms with Crippen LogP contribution < -0.4 is 0 Å². The molecule has 1 atom stereocenters. The van der Waals surface area contributed by atoms with Crippen molar-refractivity contribution in [3.8, 4) is 0 Å². The summed E-state index contributed by atoms with van der Waals surface area (Å²) in [5.41, 5.74) is 1.96. The molecular formula is C16H16F2O. The Balaban J connectivity index is 2.10. The van der Waals surface area contributed by atoms with Gasteiger partial charge in [-0.3, -0.25) is 0 Å². The molecule has 0 aromatic heterocycles. The predicted octanol–water partition coefficient (Wildman–Crippen LogP) is 3.94. The monoisotopic (exact) mass is 262 g/mol. The minimum absolute atomic E-state index is 0.240. The molecule has 19 heavy (non-hydrogen) atoms. The van der Waals surface area contributed by atoms with Gasteiger partial charge in [0.25, 0.3) is 0 Å². The van der Waals surface area contributed by atoms with Gasteiger partial charge in [-0.2, -0.15) is 0 Å². The van der Waals surface area contributed by atoms with Gasteiger partial charge in [-0.1, -0.05) is 30.3 Å². The lowest BCUT2D eigenvalue weighted by Gasteiger charge is -2.13. The van der Waals surface area contributed by atoms with Crippen molar-refractivity contribution in [2.24, 2.45) is 0 Å². The normalized spacial score (nSPS) is 12.4. The molecule has 0 aliphatic heterocycles. The van der Waals surface area contributed by atoms with Gasteiger partial charge in [-0.25, -0.2) is 8.78 Å². The summed E-state index contributed by atoms with van der Waals surface area (Å²) in [6.45, 7) is 1.98. The van der Waals surface area contributed by atoms with E-state index in [1.807, 2.05) is 31.2 Å². The highest BCUT2D eigenvalue weighted by molar-refractivity contribution is 5.27. The van der Waals surface area contributed by atoms with Crippen LogP contribution in [0.1, 0.15) is 29.2 Å². The molecule has 0 aliphatic rings. The van der Waals surface area contributed by atoms with Gasteiger partial charge >= 0.3 is 0 Å². The Morgan fingerprint density at radius 1 is 1.00 bits per heavy atom. The molecule has 0 spiro atoms. The molecular weight excluding hydrogens is 246 g/mol. The predicted molar refractivity (Wildman–Crippen MR) is 70.8 cm³/mol. The van der Waals surface area contributed by atoms with Crippen molar-refractivity contribution in [1.82, 2.24) is 0 Å². The number of aliphatic hydroxyl groups excluding tert-OH is 1. The van der Waals surface area contributed by atoms with Crippen molar-refractivity contribution in [1.29, 1.82) is 0 Å². The van der Waals surface area contributed by atoms with E-state index in [9.17, 15) is 13.9 Å². The molecule has 2 aromatic rings. The molecule has 100 valence electrons. The number of halogens is 2. The van der Waals surface area contributed by atoms with Gasteiger partial charge in [0.15, 0.2) is 0 Å². The number of benzene rings is 2. The number of aryl methyl sites for hydroxylation is 2. The van der Waals surface area contributed by atoms with Crippen molar-refractivity contribution < 1.29 is 13.9 Å². The molecule has 3 heteroatoms. The zero-order valence-corrected chi connectivity index (χ0v) is 10.7. The van der Waals surface area contributed by atoms with E-state index in [1.165, 1.54) is 6.07 Å². The molecule has 0 saturated carbocycles. The maximum Gasteiger partial charge on any atom is 0.131 e. The fourth-order valence-electron chi connectivity index (χ4n) is 2.16. The number of aliphatic hydroxyl groups is 1. The van der Waals surface area contributed by atoms with Crippen LogP contribution in [0.4, 0.5) is 8.78 Å². The molecule has 0 radical (unpaired) electrons. The zero-order chi connectivity index (χ0) is 13.8. The van der Waals surface area contributed by atoms with E-state index in [1.54, 1.807) is 0 Å². The summed E-state index contributed by atoms with van der Waals surface area (Å²) in [7, 11) is 0. The zero-order valence-electron chi connectivity index (χ0n) is 10.7. The first-order valence-corrected chi connectivity index (χ1v) is 6.26. The lowest BCUT2D eigenvalue weighted by Crippen LogP contribution is -2.06. The fraction of sp³-hybridized carbons (Fsp3) is 0.250. The first kappa shape index (κ1) is 13.7. The second-order valence-electron chi connectivity index (χ2n) is 4.62. The van der Waals surface area contributed by atoms with Gasteiger partial charge in [0, 0.05) is 0 Å². The van der Waals surface area contributed by atoms with E-state index in [0.717, 1.165) is 23.3 Å². The van der Waals surface area contributed by atoms with Crippen LogP contribution in [-0.2, 0) is 6.42 Å². The van der Waals surface area contributed by atoms with E-state index in [4.69, 9.17) is 0 Å². The lowest BCUT2D eigenvalue weighted by atomic mass is 9.98. The Hall–Kier alpha value is -1.74. The molecule has 0 saturated heterocycles. The van der Waals surface area contributed by atoms with Crippen LogP contribution in [-0.4, -0.2) is 5.11 Å². The quantitative estimate of drug-likeness (QED) is 0.884. The van der Waals surface area contributed by atoms with Crippen LogP contribution in [0.2, 0.25) is 0 Å². The number of rotatable bonds is 4. The lowest BCUT2D eigenvalue weighted by molar-refractivity contribution is 0.158. The molecule has 0 amide bonds. The SMILES string of the molecule is Cc1ccccc1CCC(O)c1c(F)cccc1F. The standard InChI is InChI=1S/C16H16F2O/c1-11-5-2-3-6-12(11)9-10-15(19)16-13(17)7-4-8-14(16)18/h2-8,15,19H,9-10H2,1H3. The Bertz CT molecular complexity index is 546. The van der Waals surface area contributed by atoms with Crippen LogP contribution in [0.15, 0.2) is 42.5 Å². The largest absolute Gasteiger partial charge is 0.388 e. The third-order valence-electron chi connectivity index (χ3n) is 3.28. The topological polar surface area (TPSA) is 20.2 Å². The highest BCUT2D eigenvalue weighted by Crippen LogP contribution is 2.25. The van der Waals surface area contributed by atoms with Gasteiger partial charge in [0.2, 0.25) is 0 Å². The van der Waals surface area contributed by atoms with Gasteiger partial charge < -0.3 is 5.11 Å². The molecule has 2 aromatic carbocycles. The smallest absolute Gasteiger partial charge is 0.131 e. The van der Waals surface area contributed by atoms with Crippen molar-refractivity contribution >= 4 is 0 Å². The summed E-state index contributed by atoms with van der Waals surface area (Å²) in [5, 5.41) is 9.95. The van der Waals surface area contributed by atoms with Crippen LogP contribution in [0.3, 0.4) is 0 Å². The summed E-state index contributed by atoms with van der Waals surface area (Å²) >= 11 is 0.